The van der Waals surface area contributed by atoms with Crippen LogP contribution in [0.1, 0.15) is 25.0 Å². The van der Waals surface area contributed by atoms with Crippen LogP contribution in [0.15, 0.2) is 18.2 Å². The van der Waals surface area contributed by atoms with E-state index in [1.165, 1.54) is 0 Å². The average Bonchev–Trinajstić information content (AvgIpc) is 2.15. The summed E-state index contributed by atoms with van der Waals surface area (Å²) in [7, 11) is 0. The van der Waals surface area contributed by atoms with E-state index >= 15 is 0 Å². The second kappa shape index (κ2) is 5.07. The number of nitrogens with one attached hydrogen (secondary N) is 2. The Balaban J connectivity index is 3.19. The van der Waals surface area contributed by atoms with Gasteiger partial charge in [0.2, 0.25) is 0 Å². The fourth-order valence-electron chi connectivity index (χ4n) is 1.62. The van der Waals surface area contributed by atoms with Crippen molar-refractivity contribution in [1.29, 1.82) is 5.41 Å². The van der Waals surface area contributed by atoms with Crippen molar-refractivity contribution in [3.05, 3.63) is 29.3 Å². The summed E-state index contributed by atoms with van der Waals surface area (Å²) in [6.07, 6.45) is 0.915. The number of thiol groups is 1. The van der Waals surface area contributed by atoms with Gasteiger partial charge >= 0.3 is 0 Å². The lowest BCUT2D eigenvalue weighted by Gasteiger charge is -2.14. The Kier molecular flexibility index (Phi) is 4.03. The molecule has 0 saturated heterocycles. The third-order valence-corrected chi connectivity index (χ3v) is 2.41. The monoisotopic (exact) mass is 223 g/mol. The molecule has 82 valence electrons. The first kappa shape index (κ1) is 11.9. The van der Waals surface area contributed by atoms with Crippen molar-refractivity contribution in [3.63, 3.8) is 0 Å². The van der Waals surface area contributed by atoms with Crippen molar-refractivity contribution in [3.8, 4) is 0 Å². The fraction of sp³-hybridized carbons (Fsp3) is 0.364. The van der Waals surface area contributed by atoms with Crippen LogP contribution in [0.4, 0.5) is 5.69 Å². The molecule has 1 aromatic rings. The number of anilines is 1. The van der Waals surface area contributed by atoms with Crippen molar-refractivity contribution in [2.75, 3.05) is 4.72 Å². The summed E-state index contributed by atoms with van der Waals surface area (Å²) in [5.74, 6) is 0.626. The standard InChI is InChI=1S/C11H17N3S/c1-7(2)6-8-4-3-5-9(14-15)10(8)11(12)13/h3-5,7,14-15H,6H2,1-2H3,(H3,12,13). The summed E-state index contributed by atoms with van der Waals surface area (Å²) in [6.45, 7) is 4.29. The molecule has 0 aliphatic carbocycles. The Hall–Kier alpha value is -1.16. The van der Waals surface area contributed by atoms with Gasteiger partial charge < -0.3 is 10.5 Å². The molecule has 1 rings (SSSR count). The number of rotatable bonds is 4. The maximum absolute atomic E-state index is 7.57. The van der Waals surface area contributed by atoms with Gasteiger partial charge in [-0.05, 0) is 24.0 Å². The van der Waals surface area contributed by atoms with Crippen LogP contribution in [-0.2, 0) is 6.42 Å². The van der Waals surface area contributed by atoms with Crippen molar-refractivity contribution >= 4 is 24.3 Å². The molecule has 4 N–H and O–H groups in total. The average molecular weight is 223 g/mol. The molecule has 4 heteroatoms. The second-order valence-corrected chi connectivity index (χ2v) is 4.19. The maximum atomic E-state index is 7.57. The minimum absolute atomic E-state index is 0.0859. The summed E-state index contributed by atoms with van der Waals surface area (Å²) >= 11 is 4.01. The molecule has 0 fully saturated rings. The van der Waals surface area contributed by atoms with E-state index < -0.39 is 0 Å². The van der Waals surface area contributed by atoms with Crippen LogP contribution in [-0.4, -0.2) is 5.84 Å². The predicted molar refractivity (Wildman–Crippen MR) is 68.6 cm³/mol. The number of hydrogen-bond acceptors (Lipinski definition) is 3. The Labute approximate surface area is 96.1 Å². The molecule has 0 amide bonds. The summed E-state index contributed by atoms with van der Waals surface area (Å²) < 4.78 is 2.76. The lowest BCUT2D eigenvalue weighted by molar-refractivity contribution is 0.647. The highest BCUT2D eigenvalue weighted by Gasteiger charge is 2.11. The SMILES string of the molecule is CC(C)Cc1cccc(NS)c1C(=N)N. The highest BCUT2D eigenvalue weighted by Crippen LogP contribution is 2.22. The minimum Gasteiger partial charge on any atom is -0.384 e. The quantitative estimate of drug-likeness (QED) is 0.360. The van der Waals surface area contributed by atoms with Gasteiger partial charge in [0.05, 0.1) is 5.69 Å². The Morgan fingerprint density at radius 1 is 1.53 bits per heavy atom. The van der Waals surface area contributed by atoms with E-state index in [4.69, 9.17) is 11.1 Å². The lowest BCUT2D eigenvalue weighted by atomic mass is 9.96. The Bertz CT molecular complexity index is 361. The molecule has 0 atom stereocenters. The van der Waals surface area contributed by atoms with Crippen LogP contribution in [0.25, 0.3) is 0 Å². The van der Waals surface area contributed by atoms with Gasteiger partial charge in [0, 0.05) is 5.56 Å². The molecule has 15 heavy (non-hydrogen) atoms. The molecule has 0 aliphatic rings. The molecule has 0 unspecified atom stereocenters. The molecule has 0 bridgehead atoms. The molecular weight excluding hydrogens is 206 g/mol. The van der Waals surface area contributed by atoms with Crippen LogP contribution in [0.5, 0.6) is 0 Å². The third-order valence-electron chi connectivity index (χ3n) is 2.17. The number of amidine groups is 1. The van der Waals surface area contributed by atoms with E-state index in [2.05, 4.69) is 31.4 Å². The highest BCUT2D eigenvalue weighted by molar-refractivity contribution is 7.81. The summed E-state index contributed by atoms with van der Waals surface area (Å²) in [5, 5.41) is 7.57. The van der Waals surface area contributed by atoms with Crippen molar-refractivity contribution in [2.24, 2.45) is 11.7 Å². The summed E-state index contributed by atoms with van der Waals surface area (Å²) in [5.41, 5.74) is 8.23. The zero-order valence-electron chi connectivity index (χ0n) is 9.04. The molecule has 0 saturated carbocycles. The van der Waals surface area contributed by atoms with Gasteiger partial charge in [-0.3, -0.25) is 5.41 Å². The van der Waals surface area contributed by atoms with Crippen molar-refractivity contribution in [1.82, 2.24) is 0 Å². The van der Waals surface area contributed by atoms with Gasteiger partial charge in [0.15, 0.2) is 0 Å². The van der Waals surface area contributed by atoms with Crippen molar-refractivity contribution in [2.45, 2.75) is 20.3 Å². The van der Waals surface area contributed by atoms with E-state index in [9.17, 15) is 0 Å². The highest BCUT2D eigenvalue weighted by atomic mass is 32.1. The smallest absolute Gasteiger partial charge is 0.125 e. The largest absolute Gasteiger partial charge is 0.384 e. The second-order valence-electron chi connectivity index (χ2n) is 3.96. The number of hydrogen-bond donors (Lipinski definition) is 4. The first-order chi connectivity index (χ1) is 7.06. The van der Waals surface area contributed by atoms with Crippen LogP contribution in [0, 0.1) is 11.3 Å². The van der Waals surface area contributed by atoms with E-state index in [0.717, 1.165) is 23.2 Å². The molecule has 0 radical (unpaired) electrons. The minimum atomic E-state index is 0.0859. The maximum Gasteiger partial charge on any atom is 0.125 e. The van der Waals surface area contributed by atoms with Crippen LogP contribution in [0.3, 0.4) is 0 Å². The normalized spacial score (nSPS) is 10.4. The van der Waals surface area contributed by atoms with Crippen LogP contribution >= 0.6 is 12.8 Å². The van der Waals surface area contributed by atoms with E-state index in [-0.39, 0.29) is 5.84 Å². The molecule has 0 aromatic heterocycles. The first-order valence-electron chi connectivity index (χ1n) is 4.92. The molecule has 0 spiro atoms. The van der Waals surface area contributed by atoms with Gasteiger partial charge in [0.1, 0.15) is 5.84 Å². The third kappa shape index (κ3) is 2.89. The molecule has 1 aromatic carbocycles. The van der Waals surface area contributed by atoms with Crippen LogP contribution in [0.2, 0.25) is 0 Å². The van der Waals surface area contributed by atoms with E-state index in [1.807, 2.05) is 18.2 Å². The van der Waals surface area contributed by atoms with E-state index in [1.54, 1.807) is 0 Å². The lowest BCUT2D eigenvalue weighted by Crippen LogP contribution is -2.16. The van der Waals surface area contributed by atoms with Crippen LogP contribution < -0.4 is 10.5 Å². The molecular formula is C11H17N3S. The molecule has 0 aliphatic heterocycles. The topological polar surface area (TPSA) is 61.9 Å². The predicted octanol–water partition coefficient (Wildman–Crippen LogP) is 2.43. The van der Waals surface area contributed by atoms with Gasteiger partial charge in [-0.15, -0.1) is 0 Å². The summed E-state index contributed by atoms with van der Waals surface area (Å²) in [6, 6.07) is 5.82. The van der Waals surface area contributed by atoms with Gasteiger partial charge in [-0.2, -0.15) is 0 Å². The van der Waals surface area contributed by atoms with E-state index in [0.29, 0.717) is 5.92 Å². The first-order valence-corrected chi connectivity index (χ1v) is 5.37. The Morgan fingerprint density at radius 3 is 2.67 bits per heavy atom. The number of nitrogens with two attached hydrogens (primary N) is 1. The fourth-order valence-corrected chi connectivity index (χ4v) is 1.81. The number of benzene rings is 1. The van der Waals surface area contributed by atoms with Gasteiger partial charge in [0.25, 0.3) is 0 Å². The Morgan fingerprint density at radius 2 is 2.20 bits per heavy atom. The molecule has 3 nitrogen and oxygen atoms in total. The van der Waals surface area contributed by atoms with Crippen molar-refractivity contribution < 1.29 is 0 Å². The van der Waals surface area contributed by atoms with Gasteiger partial charge in [-0.1, -0.05) is 38.8 Å². The van der Waals surface area contributed by atoms with Gasteiger partial charge in [-0.25, -0.2) is 0 Å². The summed E-state index contributed by atoms with van der Waals surface area (Å²) in [4.78, 5) is 0. The number of nitrogen functional groups attached to an aromatic ring is 1. The zero-order valence-corrected chi connectivity index (χ0v) is 9.94. The zero-order chi connectivity index (χ0) is 11.4. The molecule has 0 heterocycles.